The molecule has 0 saturated heterocycles. The molecule has 0 atom stereocenters. The normalized spacial score (nSPS) is 11.6. The Hall–Kier alpha value is -3.02. The Morgan fingerprint density at radius 2 is 1.79 bits per heavy atom. The Kier molecular flexibility index (Phi) is 3.67. The van der Waals surface area contributed by atoms with Crippen molar-refractivity contribution in [2.24, 2.45) is 11.1 Å². The van der Waals surface area contributed by atoms with Crippen LogP contribution in [0.4, 0.5) is 0 Å². The van der Waals surface area contributed by atoms with Gasteiger partial charge in [-0.05, 0) is 12.1 Å². The number of carbonyl (C=O) groups excluding carboxylic acids is 2. The SMILES string of the molecule is CC(C)(C)C(=O)c1c[nH]c2ncc(-c3ccc(C(N)=O)cc3)nc12. The summed E-state index contributed by atoms with van der Waals surface area (Å²) in [5.41, 5.74) is 8.24. The van der Waals surface area contributed by atoms with Crippen molar-refractivity contribution in [2.45, 2.75) is 20.8 Å². The van der Waals surface area contributed by atoms with Gasteiger partial charge in [0.25, 0.3) is 0 Å². The standard InChI is InChI=1S/C18H18N4O2/c1-18(2,3)15(23)12-8-20-17-14(12)22-13(9-21-17)10-4-6-11(7-5-10)16(19)24/h4-9H,1-3H3,(H2,19,24)(H,20,21). The van der Waals surface area contributed by atoms with Gasteiger partial charge in [-0.3, -0.25) is 9.59 Å². The van der Waals surface area contributed by atoms with E-state index in [0.717, 1.165) is 5.56 Å². The number of nitrogens with one attached hydrogen (secondary N) is 1. The molecule has 2 aromatic heterocycles. The van der Waals surface area contributed by atoms with Crippen LogP contribution in [0.3, 0.4) is 0 Å². The molecule has 0 fully saturated rings. The van der Waals surface area contributed by atoms with Crippen molar-refractivity contribution in [2.75, 3.05) is 0 Å². The van der Waals surface area contributed by atoms with Gasteiger partial charge in [-0.15, -0.1) is 0 Å². The van der Waals surface area contributed by atoms with E-state index >= 15 is 0 Å². The Labute approximate surface area is 139 Å². The zero-order valence-electron chi connectivity index (χ0n) is 13.8. The molecule has 0 radical (unpaired) electrons. The maximum Gasteiger partial charge on any atom is 0.248 e. The summed E-state index contributed by atoms with van der Waals surface area (Å²) in [4.78, 5) is 35.6. The second-order valence-electron chi connectivity index (χ2n) is 6.68. The first-order valence-electron chi connectivity index (χ1n) is 7.56. The van der Waals surface area contributed by atoms with E-state index < -0.39 is 11.3 Å². The van der Waals surface area contributed by atoms with Crippen LogP contribution in [-0.4, -0.2) is 26.6 Å². The lowest BCUT2D eigenvalue weighted by atomic mass is 9.87. The highest BCUT2D eigenvalue weighted by molar-refractivity contribution is 6.08. The van der Waals surface area contributed by atoms with Gasteiger partial charge in [-0.1, -0.05) is 32.9 Å². The summed E-state index contributed by atoms with van der Waals surface area (Å²) in [5, 5.41) is 0. The fraction of sp³-hybridized carbons (Fsp3) is 0.222. The number of primary amides is 1. The minimum Gasteiger partial charge on any atom is -0.366 e. The number of H-pyrrole nitrogens is 1. The number of aromatic nitrogens is 3. The molecule has 0 aliphatic carbocycles. The Morgan fingerprint density at radius 3 is 2.38 bits per heavy atom. The number of Topliss-reactive ketones (excluding diaryl/α,β-unsaturated/α-hetero) is 1. The van der Waals surface area contributed by atoms with Gasteiger partial charge in [0.15, 0.2) is 11.4 Å². The molecule has 6 nitrogen and oxygen atoms in total. The van der Waals surface area contributed by atoms with Crippen molar-refractivity contribution < 1.29 is 9.59 Å². The predicted molar refractivity (Wildman–Crippen MR) is 91.6 cm³/mol. The molecule has 122 valence electrons. The van der Waals surface area contributed by atoms with E-state index in [-0.39, 0.29) is 5.78 Å². The molecular weight excluding hydrogens is 304 g/mol. The van der Waals surface area contributed by atoms with Crippen molar-refractivity contribution >= 4 is 22.9 Å². The maximum absolute atomic E-state index is 12.6. The van der Waals surface area contributed by atoms with Crippen LogP contribution in [0.2, 0.25) is 0 Å². The minimum atomic E-state index is -0.504. The van der Waals surface area contributed by atoms with E-state index in [4.69, 9.17) is 5.73 Å². The molecule has 0 saturated carbocycles. The van der Waals surface area contributed by atoms with Crippen molar-refractivity contribution in [1.82, 2.24) is 15.0 Å². The van der Waals surface area contributed by atoms with Crippen LogP contribution in [0.25, 0.3) is 22.4 Å². The molecule has 3 rings (SSSR count). The Balaban J connectivity index is 2.07. The molecule has 3 aromatic rings. The smallest absolute Gasteiger partial charge is 0.248 e. The molecule has 0 bridgehead atoms. The van der Waals surface area contributed by atoms with E-state index in [1.807, 2.05) is 20.8 Å². The van der Waals surface area contributed by atoms with Crippen molar-refractivity contribution in [3.63, 3.8) is 0 Å². The molecule has 0 aliphatic rings. The van der Waals surface area contributed by atoms with Crippen LogP contribution in [0, 0.1) is 5.41 Å². The summed E-state index contributed by atoms with van der Waals surface area (Å²) < 4.78 is 0. The zero-order chi connectivity index (χ0) is 17.5. The molecule has 3 N–H and O–H groups in total. The number of carbonyl (C=O) groups is 2. The van der Waals surface area contributed by atoms with Crippen LogP contribution in [0.5, 0.6) is 0 Å². The Bertz CT molecular complexity index is 934. The average molecular weight is 322 g/mol. The van der Waals surface area contributed by atoms with Crippen molar-refractivity contribution in [3.05, 3.63) is 47.8 Å². The summed E-state index contributed by atoms with van der Waals surface area (Å²) in [6, 6.07) is 6.80. The van der Waals surface area contributed by atoms with Gasteiger partial charge >= 0.3 is 0 Å². The van der Waals surface area contributed by atoms with Crippen molar-refractivity contribution in [1.29, 1.82) is 0 Å². The first-order chi connectivity index (χ1) is 11.3. The maximum atomic E-state index is 12.6. The van der Waals surface area contributed by atoms with Gasteiger partial charge in [0.1, 0.15) is 5.52 Å². The summed E-state index contributed by atoms with van der Waals surface area (Å²) in [6.45, 7) is 5.61. The average Bonchev–Trinajstić information content (AvgIpc) is 2.96. The molecule has 6 heteroatoms. The molecule has 1 aromatic carbocycles. The summed E-state index contributed by atoms with van der Waals surface area (Å²) >= 11 is 0. The zero-order valence-corrected chi connectivity index (χ0v) is 13.8. The van der Waals surface area contributed by atoms with Gasteiger partial charge in [-0.2, -0.15) is 0 Å². The number of benzene rings is 1. The summed E-state index contributed by atoms with van der Waals surface area (Å²) in [7, 11) is 0. The number of rotatable bonds is 3. The highest BCUT2D eigenvalue weighted by atomic mass is 16.1. The van der Waals surface area contributed by atoms with Gasteiger partial charge in [0.2, 0.25) is 5.91 Å². The third-order valence-electron chi connectivity index (χ3n) is 3.77. The van der Waals surface area contributed by atoms with Crippen LogP contribution < -0.4 is 5.73 Å². The van der Waals surface area contributed by atoms with E-state index in [1.54, 1.807) is 36.7 Å². The lowest BCUT2D eigenvalue weighted by molar-refractivity contribution is 0.0859. The topological polar surface area (TPSA) is 102 Å². The van der Waals surface area contributed by atoms with E-state index in [0.29, 0.717) is 28.0 Å². The lowest BCUT2D eigenvalue weighted by Gasteiger charge is -2.15. The van der Waals surface area contributed by atoms with Crippen molar-refractivity contribution in [3.8, 4) is 11.3 Å². The molecule has 1 amide bonds. The number of amides is 1. The molecule has 0 aliphatic heterocycles. The van der Waals surface area contributed by atoms with Crippen LogP contribution in [0.15, 0.2) is 36.7 Å². The monoisotopic (exact) mass is 322 g/mol. The van der Waals surface area contributed by atoms with Crippen LogP contribution in [0.1, 0.15) is 41.5 Å². The highest BCUT2D eigenvalue weighted by Gasteiger charge is 2.26. The highest BCUT2D eigenvalue weighted by Crippen LogP contribution is 2.26. The third kappa shape index (κ3) is 2.78. The van der Waals surface area contributed by atoms with Gasteiger partial charge in [0, 0.05) is 22.7 Å². The first kappa shape index (κ1) is 15.9. The Morgan fingerprint density at radius 1 is 1.12 bits per heavy atom. The fourth-order valence-corrected chi connectivity index (χ4v) is 2.41. The molecule has 24 heavy (non-hydrogen) atoms. The van der Waals surface area contributed by atoms with Gasteiger partial charge < -0.3 is 10.7 Å². The fourth-order valence-electron chi connectivity index (χ4n) is 2.41. The predicted octanol–water partition coefficient (Wildman–Crippen LogP) is 2.95. The number of aromatic amines is 1. The second-order valence-corrected chi connectivity index (χ2v) is 6.68. The van der Waals surface area contributed by atoms with E-state index in [1.165, 1.54) is 0 Å². The van der Waals surface area contributed by atoms with Gasteiger partial charge in [-0.25, -0.2) is 9.97 Å². The van der Waals surface area contributed by atoms with Crippen LogP contribution in [-0.2, 0) is 0 Å². The first-order valence-corrected chi connectivity index (χ1v) is 7.56. The molecule has 0 spiro atoms. The summed E-state index contributed by atoms with van der Waals surface area (Å²) in [6.07, 6.45) is 3.28. The number of nitrogens with zero attached hydrogens (tertiary/aromatic N) is 2. The number of fused-ring (bicyclic) bond motifs is 1. The van der Waals surface area contributed by atoms with E-state index in [9.17, 15) is 9.59 Å². The molecular formula is C18H18N4O2. The number of nitrogens with two attached hydrogens (primary N) is 1. The summed E-state index contributed by atoms with van der Waals surface area (Å²) in [5.74, 6) is -0.476. The molecule has 2 heterocycles. The number of hydrogen-bond acceptors (Lipinski definition) is 4. The third-order valence-corrected chi connectivity index (χ3v) is 3.77. The van der Waals surface area contributed by atoms with Gasteiger partial charge in [0.05, 0.1) is 17.5 Å². The molecule has 0 unspecified atom stereocenters. The van der Waals surface area contributed by atoms with Crippen LogP contribution >= 0.6 is 0 Å². The second kappa shape index (κ2) is 5.56. The number of ketones is 1. The largest absolute Gasteiger partial charge is 0.366 e. The minimum absolute atomic E-state index is 0.00396. The quantitative estimate of drug-likeness (QED) is 0.724. The number of hydrogen-bond donors (Lipinski definition) is 2. The lowest BCUT2D eigenvalue weighted by Crippen LogP contribution is -2.20. The van der Waals surface area contributed by atoms with E-state index in [2.05, 4.69) is 15.0 Å².